The first kappa shape index (κ1) is 52.9. The van der Waals surface area contributed by atoms with E-state index >= 15 is 14.4 Å². The van der Waals surface area contributed by atoms with Crippen molar-refractivity contribution in [3.05, 3.63) is 35.9 Å². The first-order valence-corrected chi connectivity index (χ1v) is 26.5. The molecule has 4 aliphatic carbocycles. The molecule has 1 aromatic rings. The van der Waals surface area contributed by atoms with Crippen LogP contribution in [-0.4, -0.2) is 131 Å². The summed E-state index contributed by atoms with van der Waals surface area (Å²) in [6.45, 7) is 15.5. The highest BCUT2D eigenvalue weighted by Crippen LogP contribution is 2.50. The highest BCUT2D eigenvalue weighted by Gasteiger charge is 2.62. The largest absolute Gasteiger partial charge is 0.467 e. The maximum Gasteiger partial charge on any atom is 0.408 e. The second-order valence-electron chi connectivity index (χ2n) is 22.6. The molecule has 4 saturated heterocycles. The Morgan fingerprint density at radius 3 is 0.972 bits per heavy atom. The minimum absolute atomic E-state index is 0.0295. The Kier molecular flexibility index (Phi) is 14.4. The molecule has 8 fully saturated rings. The highest BCUT2D eigenvalue weighted by molar-refractivity contribution is 6.00. The molecule has 4 heterocycles. The molecule has 0 radical (unpaired) electrons. The van der Waals surface area contributed by atoms with Gasteiger partial charge in [0.2, 0.25) is 17.7 Å². The van der Waals surface area contributed by atoms with Crippen molar-refractivity contribution in [3.63, 3.8) is 0 Å². The van der Waals surface area contributed by atoms with E-state index in [1.54, 1.807) is 0 Å². The number of hydrogen-bond acceptors (Lipinski definition) is 15. The Labute approximate surface area is 423 Å². The SMILES string of the molecule is COC(=O)C1(NC(=O)C2(NC(=O)C3(NC(=O)C4(NC(=O)OCc5ccccc5)CCC5(CC4)O[C@H](C)[C@@H](C)O5)CCC4(CC3)O[C@H](C)[C@@H](C)O4)CCC3(CC2)O[C@H](C)[C@@H](C)O3)CCC2(CC1)O[C@H](C)[C@@H](C)O2. The maximum absolute atomic E-state index is 15.8. The standard InChI is InChI=1S/C53H78N4O15/c1-32-33(2)66-50(65-32)23-15-46(16-24-50,55-43(60)48(57-45(62)64-31-40-13-11-10-12-14-40)19-27-52(28-20-48)69-36(5)37(6)70-52)41(58)54-47(17-25-51(26-18-47)67-34(3)35(4)68-51)42(59)56-49(44(61)63-9)21-29-53(30-22-49)71-38(7)39(8)72-53/h10-14,32-39H,15-31H2,1-9H3,(H,54,58)(H,55,60)(H,56,59)(H,57,62)/t32-,33-,34-,35-,36-,37-,38-,39-/m1/s1. The lowest BCUT2D eigenvalue weighted by Crippen LogP contribution is -2.73. The average molecular weight is 1010 g/mol. The quantitative estimate of drug-likeness (QED) is 0.204. The van der Waals surface area contributed by atoms with Gasteiger partial charge < -0.3 is 68.6 Å². The normalized spacial score (nSPS) is 38.1. The van der Waals surface area contributed by atoms with Crippen LogP contribution in [0.15, 0.2) is 30.3 Å². The number of hydrogen-bond donors (Lipinski definition) is 4. The summed E-state index contributed by atoms with van der Waals surface area (Å²) in [6.07, 6.45) is 0.740. The summed E-state index contributed by atoms with van der Waals surface area (Å²) in [7, 11) is 1.29. The fraction of sp³-hybridized carbons (Fsp3) is 0.792. The van der Waals surface area contributed by atoms with Crippen LogP contribution in [-0.2, 0) is 73.2 Å². The number of ether oxygens (including phenoxy) is 10. The van der Waals surface area contributed by atoms with Crippen LogP contribution in [0.2, 0.25) is 0 Å². The molecule has 19 nitrogen and oxygen atoms in total. The van der Waals surface area contributed by atoms with E-state index in [4.69, 9.17) is 47.4 Å². The first-order chi connectivity index (χ1) is 34.0. The van der Waals surface area contributed by atoms with Crippen LogP contribution in [0.5, 0.6) is 0 Å². The zero-order chi connectivity index (χ0) is 51.5. The predicted octanol–water partition coefficient (Wildman–Crippen LogP) is 5.77. The Morgan fingerprint density at radius 2 is 0.681 bits per heavy atom. The molecule has 4 aliphatic heterocycles. The van der Waals surface area contributed by atoms with Crippen LogP contribution >= 0.6 is 0 Å². The van der Waals surface area contributed by atoms with E-state index in [0.717, 1.165) is 5.56 Å². The molecular weight excluding hydrogens is 933 g/mol. The van der Waals surface area contributed by atoms with Gasteiger partial charge in [-0.05, 0) is 112 Å². The van der Waals surface area contributed by atoms with Crippen LogP contribution in [0.4, 0.5) is 4.79 Å². The molecule has 4 spiro atoms. The van der Waals surface area contributed by atoms with E-state index < -0.39 is 75.1 Å². The topological polar surface area (TPSA) is 226 Å². The van der Waals surface area contributed by atoms with E-state index in [1.165, 1.54) is 7.11 Å². The minimum atomic E-state index is -1.64. The van der Waals surface area contributed by atoms with Gasteiger partial charge in [-0.15, -0.1) is 0 Å². The number of esters is 1. The van der Waals surface area contributed by atoms with E-state index in [0.29, 0.717) is 12.8 Å². The number of alkyl carbamates (subject to hydrolysis) is 1. The van der Waals surface area contributed by atoms with Crippen molar-refractivity contribution in [2.24, 2.45) is 0 Å². The molecule has 4 amide bonds. The van der Waals surface area contributed by atoms with Crippen molar-refractivity contribution in [3.8, 4) is 0 Å². The van der Waals surface area contributed by atoms with Crippen LogP contribution in [0, 0.1) is 0 Å². The van der Waals surface area contributed by atoms with E-state index in [1.807, 2.05) is 85.7 Å². The fourth-order valence-electron chi connectivity index (χ4n) is 12.5. The lowest BCUT2D eigenvalue weighted by atomic mass is 9.72. The van der Waals surface area contributed by atoms with Crippen molar-refractivity contribution in [2.45, 2.75) is 259 Å². The summed E-state index contributed by atoms with van der Waals surface area (Å²) in [5.74, 6) is -6.23. The summed E-state index contributed by atoms with van der Waals surface area (Å²) >= 11 is 0. The van der Waals surface area contributed by atoms with Crippen LogP contribution in [0.25, 0.3) is 0 Å². The van der Waals surface area contributed by atoms with Gasteiger partial charge in [0.25, 0.3) is 0 Å². The summed E-state index contributed by atoms with van der Waals surface area (Å²) < 4.78 is 62.1. The first-order valence-electron chi connectivity index (χ1n) is 26.5. The van der Waals surface area contributed by atoms with Crippen molar-refractivity contribution >= 4 is 29.8 Å². The van der Waals surface area contributed by atoms with E-state index in [-0.39, 0.29) is 145 Å². The Morgan fingerprint density at radius 1 is 0.417 bits per heavy atom. The van der Waals surface area contributed by atoms with Crippen molar-refractivity contribution in [2.75, 3.05) is 7.11 Å². The van der Waals surface area contributed by atoms with Gasteiger partial charge in [0.05, 0.1) is 55.9 Å². The molecule has 1 aromatic carbocycles. The zero-order valence-corrected chi connectivity index (χ0v) is 43.7. The molecule has 8 aliphatic rings. The van der Waals surface area contributed by atoms with Crippen molar-refractivity contribution < 1.29 is 71.3 Å². The smallest absolute Gasteiger partial charge is 0.408 e. The molecular formula is C53H78N4O15. The van der Waals surface area contributed by atoms with Crippen LogP contribution < -0.4 is 21.3 Å². The molecule has 4 N–H and O–H groups in total. The van der Waals surface area contributed by atoms with Gasteiger partial charge in [0, 0.05) is 51.4 Å². The Hall–Kier alpha value is -3.95. The van der Waals surface area contributed by atoms with Crippen molar-refractivity contribution in [1.29, 1.82) is 0 Å². The van der Waals surface area contributed by atoms with E-state index in [9.17, 15) is 9.59 Å². The molecule has 400 valence electrons. The second kappa shape index (κ2) is 19.6. The third kappa shape index (κ3) is 10.0. The molecule has 0 bridgehead atoms. The summed E-state index contributed by atoms with van der Waals surface area (Å²) in [5.41, 5.74) is -5.50. The summed E-state index contributed by atoms with van der Waals surface area (Å²) in [4.78, 5) is 74.5. The van der Waals surface area contributed by atoms with Gasteiger partial charge in [0.1, 0.15) is 28.8 Å². The van der Waals surface area contributed by atoms with Gasteiger partial charge >= 0.3 is 12.1 Å². The van der Waals surface area contributed by atoms with Gasteiger partial charge in [-0.25, -0.2) is 9.59 Å². The Balaban J connectivity index is 1.02. The van der Waals surface area contributed by atoms with Gasteiger partial charge in [0.15, 0.2) is 23.1 Å². The monoisotopic (exact) mass is 1010 g/mol. The van der Waals surface area contributed by atoms with Crippen LogP contribution in [0.3, 0.4) is 0 Å². The number of rotatable bonds is 10. The zero-order valence-electron chi connectivity index (χ0n) is 43.7. The number of benzene rings is 1. The number of carbonyl (C=O) groups excluding carboxylic acids is 5. The highest BCUT2D eigenvalue weighted by atomic mass is 16.8. The molecule has 0 aromatic heterocycles. The molecule has 72 heavy (non-hydrogen) atoms. The lowest BCUT2D eigenvalue weighted by molar-refractivity contribution is -0.208. The van der Waals surface area contributed by atoms with Gasteiger partial charge in [-0.2, -0.15) is 0 Å². The summed E-state index contributed by atoms with van der Waals surface area (Å²) in [6, 6.07) is 9.23. The molecule has 8 atom stereocenters. The third-order valence-corrected chi connectivity index (χ3v) is 17.8. The number of amides is 4. The van der Waals surface area contributed by atoms with Crippen LogP contribution in [0.1, 0.15) is 164 Å². The fourth-order valence-corrected chi connectivity index (χ4v) is 12.5. The third-order valence-electron chi connectivity index (χ3n) is 17.8. The lowest BCUT2D eigenvalue weighted by Gasteiger charge is -2.50. The predicted molar refractivity (Wildman–Crippen MR) is 256 cm³/mol. The minimum Gasteiger partial charge on any atom is -0.467 e. The number of methoxy groups -OCH3 is 1. The van der Waals surface area contributed by atoms with E-state index in [2.05, 4.69) is 21.3 Å². The molecule has 0 unspecified atom stereocenters. The second-order valence-corrected chi connectivity index (χ2v) is 22.6. The van der Waals surface area contributed by atoms with Crippen molar-refractivity contribution in [1.82, 2.24) is 21.3 Å². The summed E-state index contributed by atoms with van der Waals surface area (Å²) in [5, 5.41) is 12.5. The Bertz CT molecular complexity index is 2130. The molecule has 9 rings (SSSR count). The number of nitrogens with one attached hydrogen (secondary N) is 4. The molecule has 19 heteroatoms. The maximum atomic E-state index is 15.8. The molecule has 4 saturated carbocycles. The average Bonchev–Trinajstić information content (AvgIpc) is 4.01. The van der Waals surface area contributed by atoms with Gasteiger partial charge in [-0.1, -0.05) is 30.3 Å². The van der Waals surface area contributed by atoms with Gasteiger partial charge in [-0.3, -0.25) is 14.4 Å². The number of carbonyl (C=O) groups is 5.